The van der Waals surface area contributed by atoms with E-state index < -0.39 is 5.97 Å². The molecule has 0 spiro atoms. The van der Waals surface area contributed by atoms with Gasteiger partial charge >= 0.3 is 5.97 Å². The number of aryl methyl sites for hydroxylation is 4. The molecule has 0 saturated heterocycles. The molecule has 4 aromatic rings. The van der Waals surface area contributed by atoms with Gasteiger partial charge in [-0.2, -0.15) is 10.5 Å². The van der Waals surface area contributed by atoms with Crippen LogP contribution in [0.5, 0.6) is 23.0 Å². The number of benzene rings is 4. The van der Waals surface area contributed by atoms with E-state index in [4.69, 9.17) is 30.3 Å². The lowest BCUT2D eigenvalue weighted by Gasteiger charge is -2.25. The van der Waals surface area contributed by atoms with Crippen LogP contribution in [0.15, 0.2) is 61.2 Å². The zero-order chi connectivity index (χ0) is 59.1. The first kappa shape index (κ1) is 67.5. The summed E-state index contributed by atoms with van der Waals surface area (Å²) < 4.78 is 34.5. The lowest BCUT2D eigenvalue weighted by Crippen LogP contribution is -2.12. The van der Waals surface area contributed by atoms with Crippen molar-refractivity contribution in [1.29, 1.82) is 10.5 Å². The van der Waals surface area contributed by atoms with Gasteiger partial charge in [-0.15, -0.1) is 0 Å². The minimum atomic E-state index is -0.419. The predicted molar refractivity (Wildman–Crippen MR) is 340 cm³/mol. The Bertz CT molecular complexity index is 2550. The Labute approximate surface area is 502 Å². The molecule has 0 aliphatic heterocycles. The molecule has 0 amide bonds. The summed E-state index contributed by atoms with van der Waals surface area (Å²) in [6, 6.07) is 23.6. The highest BCUT2D eigenvalue weighted by molar-refractivity contribution is 5.81. The number of carbonyl (C=O) groups excluding carboxylic acids is 1. The first-order valence-electron chi connectivity index (χ1n) is 32.7. The number of carbonyl (C=O) groups is 1. The number of fused-ring (bicyclic) bond motifs is 8. The number of ether oxygens (including phenoxy) is 5. The molecular formula is C74H103N3O6. The van der Waals surface area contributed by atoms with E-state index in [0.29, 0.717) is 84.3 Å². The van der Waals surface area contributed by atoms with Crippen molar-refractivity contribution in [2.45, 2.75) is 246 Å². The molecule has 9 heteroatoms. The third kappa shape index (κ3) is 24.5. The molecule has 5 rings (SSSR count). The molecule has 8 bridgehead atoms. The molecule has 1 aliphatic rings. The molecule has 0 unspecified atom stereocenters. The summed E-state index contributed by atoms with van der Waals surface area (Å²) in [6.07, 6.45) is 32.8. The van der Waals surface area contributed by atoms with Gasteiger partial charge in [0.25, 0.3) is 0 Å². The van der Waals surface area contributed by atoms with Crippen LogP contribution in [0, 0.1) is 29.2 Å². The molecule has 0 fully saturated rings. The Balaban J connectivity index is 1.90. The van der Waals surface area contributed by atoms with Gasteiger partial charge in [0.05, 0.1) is 45.2 Å². The molecule has 83 heavy (non-hydrogen) atoms. The number of unbranched alkanes of at least 4 members (excludes halogenated alkanes) is 18. The molecule has 0 N–H and O–H groups in total. The van der Waals surface area contributed by atoms with Crippen molar-refractivity contribution in [3.05, 3.63) is 139 Å². The van der Waals surface area contributed by atoms with Gasteiger partial charge in [-0.25, -0.2) is 11.4 Å². The van der Waals surface area contributed by atoms with Crippen molar-refractivity contribution in [3.63, 3.8) is 0 Å². The quantitative estimate of drug-likeness (QED) is 0.0164. The number of hydrogen-bond donors (Lipinski definition) is 0. The maximum Gasteiger partial charge on any atom is 0.330 e. The molecule has 0 aromatic heterocycles. The van der Waals surface area contributed by atoms with Crippen LogP contribution in [-0.4, -0.2) is 45.5 Å². The van der Waals surface area contributed by atoms with Crippen LogP contribution < -0.4 is 18.9 Å². The Morgan fingerprint density at radius 2 is 0.711 bits per heavy atom. The monoisotopic (exact) mass is 1130 g/mol. The van der Waals surface area contributed by atoms with Crippen molar-refractivity contribution in [2.24, 2.45) is 0 Å². The van der Waals surface area contributed by atoms with Crippen LogP contribution in [0.2, 0.25) is 0 Å². The van der Waals surface area contributed by atoms with Crippen molar-refractivity contribution in [2.75, 3.05) is 39.6 Å². The van der Waals surface area contributed by atoms with E-state index in [-0.39, 0.29) is 6.61 Å². The summed E-state index contributed by atoms with van der Waals surface area (Å²) in [5.41, 5.74) is 13.6. The van der Waals surface area contributed by atoms with E-state index in [2.05, 4.69) is 99.8 Å². The molecule has 4 aromatic carbocycles. The minimum absolute atomic E-state index is 0.285. The minimum Gasteiger partial charge on any atom is -0.493 e. The molecule has 9 nitrogen and oxygen atoms in total. The van der Waals surface area contributed by atoms with Gasteiger partial charge in [0, 0.05) is 51.0 Å². The molecule has 0 atom stereocenters. The second kappa shape index (κ2) is 40.9. The summed E-state index contributed by atoms with van der Waals surface area (Å²) in [5, 5.41) is 19.6. The second-order valence-electron chi connectivity index (χ2n) is 23.2. The molecule has 1 aliphatic carbocycles. The van der Waals surface area contributed by atoms with E-state index in [9.17, 15) is 15.3 Å². The van der Waals surface area contributed by atoms with Gasteiger partial charge in [-0.05, 0) is 137 Å². The lowest BCUT2D eigenvalue weighted by molar-refractivity contribution is -0.137. The third-order valence-corrected chi connectivity index (χ3v) is 16.0. The first-order chi connectivity index (χ1) is 40.8. The summed E-state index contributed by atoms with van der Waals surface area (Å²) in [6.45, 7) is 23.5. The molecular weight excluding hydrogens is 1030 g/mol. The van der Waals surface area contributed by atoms with Crippen molar-refractivity contribution >= 4 is 5.97 Å². The molecule has 0 radical (unpaired) electrons. The third-order valence-electron chi connectivity index (χ3n) is 16.0. The second-order valence-corrected chi connectivity index (χ2v) is 23.2. The number of nitrogens with zero attached hydrogens (tertiary/aromatic N) is 3. The van der Waals surface area contributed by atoms with Crippen molar-refractivity contribution in [3.8, 4) is 35.1 Å². The Hall–Kier alpha value is -6.24. The highest BCUT2D eigenvalue weighted by atomic mass is 16.5. The van der Waals surface area contributed by atoms with Crippen molar-refractivity contribution < 1.29 is 28.5 Å². The van der Waals surface area contributed by atoms with Gasteiger partial charge in [0.15, 0.2) is 0 Å². The van der Waals surface area contributed by atoms with Gasteiger partial charge in [-0.1, -0.05) is 186 Å². The Morgan fingerprint density at radius 3 is 0.976 bits per heavy atom. The summed E-state index contributed by atoms with van der Waals surface area (Å²) in [4.78, 5) is 16.0. The standard InChI is InChI=1S/C74H103N3O6/c1-7-12-16-20-28-41-80-71-62-46-58(34-24-26-38-75)48-64(71)55-66-50-60(36-32-40-77-6)51-67(73(66)82-43-30-22-18-14-9-3)57-69-53-61(37-33-45-79-70(78)11-5)52-68(74(69)83-44-31-23-19-15-10-4)56-65-49-59(35-25-27-39-76)47-63(54-62)72(65)81-42-29-21-17-13-8-2/h11,46-53H,5,7-10,12-37,40-45,54-57H2,1-4H3. The van der Waals surface area contributed by atoms with Gasteiger partial charge in [0.2, 0.25) is 6.54 Å². The first-order valence-corrected chi connectivity index (χ1v) is 32.7. The molecule has 0 saturated carbocycles. The SMILES string of the molecule is [C-]#[N+]CCCc1cc2c(OCCCCCCC)c(c1)Cc1cc(CCCOC(=O)C=C)cc(c1OCCCCCCC)Cc1cc(CCCC#N)cc(c1OCCCCCCC)Cc1cc(CCCC#N)cc(c1OCCCCCCC)C2. The zero-order valence-electron chi connectivity index (χ0n) is 52.0. The van der Waals surface area contributed by atoms with Crippen LogP contribution in [0.25, 0.3) is 4.85 Å². The lowest BCUT2D eigenvalue weighted by atomic mass is 9.87. The smallest absolute Gasteiger partial charge is 0.330 e. The van der Waals surface area contributed by atoms with E-state index in [0.717, 1.165) is 163 Å². The number of hydrogen-bond acceptors (Lipinski definition) is 8. The highest BCUT2D eigenvalue weighted by Gasteiger charge is 2.25. The van der Waals surface area contributed by atoms with Crippen LogP contribution in [0.1, 0.15) is 261 Å². The number of nitriles is 2. The zero-order valence-corrected chi connectivity index (χ0v) is 52.0. The van der Waals surface area contributed by atoms with Crippen LogP contribution >= 0.6 is 0 Å². The normalized spacial score (nSPS) is 11.8. The summed E-state index contributed by atoms with van der Waals surface area (Å²) in [7, 11) is 0. The van der Waals surface area contributed by atoms with E-state index >= 15 is 0 Å². The topological polar surface area (TPSA) is 115 Å². The van der Waals surface area contributed by atoms with Crippen LogP contribution in [0.3, 0.4) is 0 Å². The predicted octanol–water partition coefficient (Wildman–Crippen LogP) is 19.0. The maximum atomic E-state index is 12.3. The van der Waals surface area contributed by atoms with Gasteiger partial charge in [-0.3, -0.25) is 0 Å². The van der Waals surface area contributed by atoms with E-state index in [1.807, 2.05) is 0 Å². The molecule has 0 heterocycles. The summed E-state index contributed by atoms with van der Waals surface area (Å²) >= 11 is 0. The van der Waals surface area contributed by atoms with E-state index in [1.54, 1.807) is 0 Å². The maximum absolute atomic E-state index is 12.3. The average molecular weight is 1130 g/mol. The largest absolute Gasteiger partial charge is 0.493 e. The van der Waals surface area contributed by atoms with Crippen LogP contribution in [-0.2, 0) is 60.9 Å². The fourth-order valence-corrected chi connectivity index (χ4v) is 11.6. The number of rotatable bonds is 42. The molecule has 450 valence electrons. The number of esters is 1. The fourth-order valence-electron chi connectivity index (χ4n) is 11.6. The van der Waals surface area contributed by atoms with Gasteiger partial charge in [0.1, 0.15) is 23.0 Å². The fraction of sp³-hybridized carbons (Fsp3) is 0.595. The van der Waals surface area contributed by atoms with E-state index in [1.165, 1.54) is 99.8 Å². The van der Waals surface area contributed by atoms with Crippen molar-refractivity contribution in [1.82, 2.24) is 0 Å². The highest BCUT2D eigenvalue weighted by Crippen LogP contribution is 2.42. The van der Waals surface area contributed by atoms with Gasteiger partial charge < -0.3 is 28.5 Å². The van der Waals surface area contributed by atoms with Crippen LogP contribution in [0.4, 0.5) is 0 Å². The average Bonchev–Trinajstić information content (AvgIpc) is 3.63. The Kier molecular flexibility index (Phi) is 33.3. The Morgan fingerprint density at radius 1 is 0.434 bits per heavy atom. The summed E-state index contributed by atoms with van der Waals surface area (Å²) in [5.74, 6) is 3.24.